The van der Waals surface area contributed by atoms with Gasteiger partial charge in [-0.25, -0.2) is 0 Å². The Morgan fingerprint density at radius 1 is 1.03 bits per heavy atom. The normalized spacial score (nSPS) is 22.8. The van der Waals surface area contributed by atoms with Crippen LogP contribution in [-0.4, -0.2) is 60.4 Å². The number of carbonyl (C=O) groups excluding carboxylic acids is 3. The number of ether oxygens (including phenoxy) is 2. The summed E-state index contributed by atoms with van der Waals surface area (Å²) in [5.41, 5.74) is 3.00. The lowest BCUT2D eigenvalue weighted by Gasteiger charge is -2.34. The van der Waals surface area contributed by atoms with Crippen LogP contribution in [0.4, 0.5) is 0 Å². The van der Waals surface area contributed by atoms with Crippen LogP contribution in [0.25, 0.3) is 0 Å². The van der Waals surface area contributed by atoms with Gasteiger partial charge in [-0.2, -0.15) is 0 Å². The minimum Gasteiger partial charge on any atom is -0.489 e. The van der Waals surface area contributed by atoms with Crippen LogP contribution in [0.15, 0.2) is 42.5 Å². The monoisotopic (exact) mass is 477 g/mol. The molecular weight excluding hydrogens is 446 g/mol. The summed E-state index contributed by atoms with van der Waals surface area (Å²) in [7, 11) is 0. The average molecular weight is 478 g/mol. The van der Waals surface area contributed by atoms with Gasteiger partial charge in [0.05, 0.1) is 25.2 Å². The number of benzene rings is 2. The molecule has 3 amide bonds. The van der Waals surface area contributed by atoms with Gasteiger partial charge in [0, 0.05) is 43.7 Å². The smallest absolute Gasteiger partial charge is 0.254 e. The molecule has 0 unspecified atom stereocenters. The summed E-state index contributed by atoms with van der Waals surface area (Å²) in [5.74, 6) is 0.00683. The van der Waals surface area contributed by atoms with Crippen LogP contribution >= 0.6 is 0 Å². The number of nitrogens with zero attached hydrogens (tertiary/aromatic N) is 2. The summed E-state index contributed by atoms with van der Waals surface area (Å²) in [4.78, 5) is 41.1. The highest BCUT2D eigenvalue weighted by atomic mass is 16.5. The van der Waals surface area contributed by atoms with Crippen molar-refractivity contribution in [3.05, 3.63) is 64.7 Å². The van der Waals surface area contributed by atoms with Gasteiger partial charge in [0.15, 0.2) is 0 Å². The Balaban J connectivity index is 1.21. The maximum absolute atomic E-state index is 13.1. The van der Waals surface area contributed by atoms with Crippen molar-refractivity contribution in [3.63, 3.8) is 0 Å². The van der Waals surface area contributed by atoms with E-state index in [0.29, 0.717) is 30.9 Å². The van der Waals surface area contributed by atoms with E-state index in [2.05, 4.69) is 34.5 Å². The molecule has 3 aliphatic rings. The van der Waals surface area contributed by atoms with Gasteiger partial charge in [-0.15, -0.1) is 0 Å². The number of morpholine rings is 1. The molecule has 1 atom stereocenters. The SMILES string of the molecule is C[C@]1(CN2Cc3c(OCc4ccc(CN5CCOCC5)cc4)cccc3C2=O)CCC(=O)NC1=O. The minimum atomic E-state index is -0.782. The van der Waals surface area contributed by atoms with Crippen LogP contribution < -0.4 is 10.1 Å². The number of rotatable bonds is 7. The molecule has 0 saturated carbocycles. The summed E-state index contributed by atoms with van der Waals surface area (Å²) < 4.78 is 11.6. The Bertz CT molecular complexity index is 1130. The molecule has 0 aromatic heterocycles. The van der Waals surface area contributed by atoms with E-state index in [1.54, 1.807) is 11.0 Å². The number of hydrogen-bond donors (Lipinski definition) is 1. The Labute approximate surface area is 205 Å². The molecule has 2 aromatic carbocycles. The molecule has 35 heavy (non-hydrogen) atoms. The van der Waals surface area contributed by atoms with E-state index in [0.717, 1.165) is 44.0 Å². The van der Waals surface area contributed by atoms with Crippen LogP contribution in [0.1, 0.15) is 46.8 Å². The van der Waals surface area contributed by atoms with Crippen molar-refractivity contribution >= 4 is 17.7 Å². The van der Waals surface area contributed by atoms with Crippen molar-refractivity contribution in [2.75, 3.05) is 32.8 Å². The second-order valence-electron chi connectivity index (χ2n) is 9.88. The molecule has 3 heterocycles. The lowest BCUT2D eigenvalue weighted by Crippen LogP contribution is -2.52. The Kier molecular flexibility index (Phi) is 6.58. The maximum Gasteiger partial charge on any atom is 0.254 e. The number of nitrogens with one attached hydrogen (secondary N) is 1. The predicted molar refractivity (Wildman–Crippen MR) is 129 cm³/mol. The summed E-state index contributed by atoms with van der Waals surface area (Å²) in [6, 6.07) is 14.0. The molecule has 0 spiro atoms. The van der Waals surface area contributed by atoms with Gasteiger partial charge < -0.3 is 14.4 Å². The number of imide groups is 1. The van der Waals surface area contributed by atoms with Gasteiger partial charge in [0.2, 0.25) is 11.8 Å². The molecular formula is C27H31N3O5. The standard InChI is InChI=1S/C27H31N3O5/c1-27(10-9-24(31)28-26(27)33)18-30-16-22-21(25(30)32)3-2-4-23(22)35-17-20-7-5-19(6-8-20)15-29-11-13-34-14-12-29/h2-8H,9-18H2,1H3,(H,28,31,33)/t27-/m1/s1. The second-order valence-corrected chi connectivity index (χ2v) is 9.88. The average Bonchev–Trinajstić information content (AvgIpc) is 3.17. The highest BCUT2D eigenvalue weighted by Gasteiger charge is 2.43. The van der Waals surface area contributed by atoms with Gasteiger partial charge in [0.1, 0.15) is 12.4 Å². The van der Waals surface area contributed by atoms with Gasteiger partial charge in [0.25, 0.3) is 5.91 Å². The Morgan fingerprint density at radius 2 is 1.77 bits per heavy atom. The third-order valence-corrected chi connectivity index (χ3v) is 7.17. The molecule has 1 N–H and O–H groups in total. The van der Waals surface area contributed by atoms with Gasteiger partial charge in [-0.1, -0.05) is 30.3 Å². The first kappa shape index (κ1) is 23.5. The van der Waals surface area contributed by atoms with Crippen LogP contribution in [-0.2, 0) is 34.0 Å². The van der Waals surface area contributed by atoms with Crippen molar-refractivity contribution in [3.8, 4) is 5.75 Å². The first-order chi connectivity index (χ1) is 16.9. The van der Waals surface area contributed by atoms with Crippen molar-refractivity contribution < 1.29 is 23.9 Å². The van der Waals surface area contributed by atoms with Crippen LogP contribution in [0.2, 0.25) is 0 Å². The van der Waals surface area contributed by atoms with Crippen LogP contribution in [0.5, 0.6) is 5.75 Å². The minimum absolute atomic E-state index is 0.108. The van der Waals surface area contributed by atoms with Crippen molar-refractivity contribution in [1.82, 2.24) is 15.1 Å². The molecule has 2 aromatic rings. The first-order valence-corrected chi connectivity index (χ1v) is 12.2. The molecule has 5 rings (SSSR count). The fraction of sp³-hybridized carbons (Fsp3) is 0.444. The molecule has 8 heteroatoms. The fourth-order valence-electron chi connectivity index (χ4n) is 4.96. The largest absolute Gasteiger partial charge is 0.489 e. The zero-order valence-corrected chi connectivity index (χ0v) is 20.0. The van der Waals surface area contributed by atoms with Gasteiger partial charge >= 0.3 is 0 Å². The van der Waals surface area contributed by atoms with Crippen molar-refractivity contribution in [1.29, 1.82) is 0 Å². The summed E-state index contributed by atoms with van der Waals surface area (Å²) in [6.45, 7) is 7.29. The topological polar surface area (TPSA) is 88.2 Å². The number of piperidine rings is 1. The van der Waals surface area contributed by atoms with E-state index in [1.165, 1.54) is 5.56 Å². The van der Waals surface area contributed by atoms with Crippen LogP contribution in [0, 0.1) is 5.41 Å². The summed E-state index contributed by atoms with van der Waals surface area (Å²) in [6.07, 6.45) is 0.722. The third-order valence-electron chi connectivity index (χ3n) is 7.17. The lowest BCUT2D eigenvalue weighted by atomic mass is 9.81. The fourth-order valence-corrected chi connectivity index (χ4v) is 4.96. The first-order valence-electron chi connectivity index (χ1n) is 12.2. The highest BCUT2D eigenvalue weighted by Crippen LogP contribution is 2.35. The van der Waals surface area contributed by atoms with E-state index in [-0.39, 0.29) is 30.7 Å². The van der Waals surface area contributed by atoms with E-state index in [4.69, 9.17) is 9.47 Å². The molecule has 8 nitrogen and oxygen atoms in total. The number of amides is 3. The van der Waals surface area contributed by atoms with E-state index in [1.807, 2.05) is 19.1 Å². The second kappa shape index (κ2) is 9.79. The Hall–Kier alpha value is -3.23. The van der Waals surface area contributed by atoms with Crippen LogP contribution in [0.3, 0.4) is 0 Å². The van der Waals surface area contributed by atoms with E-state index < -0.39 is 5.41 Å². The van der Waals surface area contributed by atoms with Crippen molar-refractivity contribution in [2.45, 2.75) is 39.5 Å². The zero-order chi connectivity index (χ0) is 24.4. The zero-order valence-electron chi connectivity index (χ0n) is 20.0. The molecule has 0 aliphatic carbocycles. The molecule has 0 radical (unpaired) electrons. The van der Waals surface area contributed by atoms with Gasteiger partial charge in [-0.3, -0.25) is 24.6 Å². The summed E-state index contributed by atoms with van der Waals surface area (Å²) in [5, 5.41) is 2.41. The molecule has 0 bridgehead atoms. The number of hydrogen-bond acceptors (Lipinski definition) is 6. The molecule has 3 aliphatic heterocycles. The number of fused-ring (bicyclic) bond motifs is 1. The van der Waals surface area contributed by atoms with Crippen molar-refractivity contribution in [2.24, 2.45) is 5.41 Å². The summed E-state index contributed by atoms with van der Waals surface area (Å²) >= 11 is 0. The van der Waals surface area contributed by atoms with E-state index >= 15 is 0 Å². The highest BCUT2D eigenvalue weighted by molar-refractivity contribution is 6.02. The maximum atomic E-state index is 13.1. The lowest BCUT2D eigenvalue weighted by molar-refractivity contribution is -0.141. The molecule has 184 valence electrons. The van der Waals surface area contributed by atoms with E-state index in [9.17, 15) is 14.4 Å². The Morgan fingerprint density at radius 3 is 2.51 bits per heavy atom. The third kappa shape index (κ3) is 5.09. The quantitative estimate of drug-likeness (QED) is 0.617. The van der Waals surface area contributed by atoms with Gasteiger partial charge in [-0.05, 0) is 36.6 Å². The molecule has 2 fully saturated rings. The molecule has 2 saturated heterocycles. The number of carbonyl (C=O) groups is 3. The predicted octanol–water partition coefficient (Wildman–Crippen LogP) is 2.50.